The second kappa shape index (κ2) is 5.00. The number of nitrogens with zero attached hydrogens (tertiary/aromatic N) is 1. The van der Waals surface area contributed by atoms with E-state index in [1.165, 1.54) is 0 Å². The average Bonchev–Trinajstić information content (AvgIpc) is 2.42. The Bertz CT molecular complexity index is 707. The summed E-state index contributed by atoms with van der Waals surface area (Å²) in [4.78, 5) is 19.3. The molecule has 0 atom stereocenters. The van der Waals surface area contributed by atoms with Gasteiger partial charge in [-0.3, -0.25) is 9.78 Å². The molecule has 0 saturated heterocycles. The molecule has 1 aliphatic carbocycles. The number of aromatic amines is 1. The molecule has 1 aromatic heterocycles. The van der Waals surface area contributed by atoms with Crippen molar-refractivity contribution < 1.29 is 5.11 Å². The van der Waals surface area contributed by atoms with Gasteiger partial charge in [0.15, 0.2) is 0 Å². The first-order valence-electron chi connectivity index (χ1n) is 6.82. The minimum atomic E-state index is -0.0476. The molecule has 0 aliphatic heterocycles. The van der Waals surface area contributed by atoms with Crippen LogP contribution in [0.5, 0.6) is 5.75 Å². The lowest BCUT2D eigenvalue weighted by atomic mass is 9.97. The predicted octanol–water partition coefficient (Wildman–Crippen LogP) is 2.41. The fourth-order valence-electron chi connectivity index (χ4n) is 2.58. The molecule has 3 N–H and O–H groups in total. The Morgan fingerprint density at radius 1 is 1.30 bits per heavy atom. The number of rotatable bonds is 2. The Morgan fingerprint density at radius 2 is 2.10 bits per heavy atom. The number of aryl methyl sites for hydroxylation is 2. The quantitative estimate of drug-likeness (QED) is 0.733. The third-order valence-electron chi connectivity index (χ3n) is 3.65. The van der Waals surface area contributed by atoms with E-state index in [9.17, 15) is 9.90 Å². The Kier molecular flexibility index (Phi) is 3.18. The summed E-state index contributed by atoms with van der Waals surface area (Å²) in [5, 5.41) is 12.5. The Morgan fingerprint density at radius 3 is 2.90 bits per heavy atom. The fourth-order valence-corrected chi connectivity index (χ4v) is 2.58. The van der Waals surface area contributed by atoms with Crippen LogP contribution in [0.25, 0.3) is 0 Å². The summed E-state index contributed by atoms with van der Waals surface area (Å²) in [5.74, 6) is 0.685. The fraction of sp³-hybridized carbons (Fsp3) is 0.333. The number of fused-ring (bicyclic) bond motifs is 1. The number of hydrogen-bond acceptors (Lipinski definition) is 4. The van der Waals surface area contributed by atoms with Crippen molar-refractivity contribution >= 4 is 11.6 Å². The van der Waals surface area contributed by atoms with Crippen molar-refractivity contribution in [2.45, 2.75) is 32.6 Å². The maximum Gasteiger partial charge on any atom is 0.255 e. The van der Waals surface area contributed by atoms with Crippen LogP contribution in [0.3, 0.4) is 0 Å². The molecule has 0 fully saturated rings. The summed E-state index contributed by atoms with van der Waals surface area (Å²) < 4.78 is 0. The SMILES string of the molecule is Cc1cc(O)ccc1Nc1nc2c(c(=O)[nH]1)CCCC2. The van der Waals surface area contributed by atoms with Crippen molar-refractivity contribution in [1.29, 1.82) is 0 Å². The van der Waals surface area contributed by atoms with Crippen molar-refractivity contribution in [2.24, 2.45) is 0 Å². The summed E-state index contributed by atoms with van der Waals surface area (Å²) in [5.41, 5.74) is 3.39. The lowest BCUT2D eigenvalue weighted by Crippen LogP contribution is -2.22. The minimum absolute atomic E-state index is 0.0476. The van der Waals surface area contributed by atoms with Gasteiger partial charge in [0, 0.05) is 11.3 Å². The van der Waals surface area contributed by atoms with Gasteiger partial charge in [0.2, 0.25) is 5.95 Å². The normalized spacial score (nSPS) is 13.8. The van der Waals surface area contributed by atoms with E-state index in [1.807, 2.05) is 6.92 Å². The van der Waals surface area contributed by atoms with Crippen molar-refractivity contribution in [3.05, 3.63) is 45.4 Å². The second-order valence-corrected chi connectivity index (χ2v) is 5.17. The molecule has 0 saturated carbocycles. The first-order chi connectivity index (χ1) is 9.63. The second-order valence-electron chi connectivity index (χ2n) is 5.17. The average molecular weight is 271 g/mol. The zero-order chi connectivity index (χ0) is 14.1. The Labute approximate surface area is 116 Å². The van der Waals surface area contributed by atoms with Gasteiger partial charge in [-0.25, -0.2) is 4.98 Å². The highest BCUT2D eigenvalue weighted by molar-refractivity contribution is 5.59. The van der Waals surface area contributed by atoms with Gasteiger partial charge in [0.1, 0.15) is 5.75 Å². The van der Waals surface area contributed by atoms with Crippen molar-refractivity contribution in [3.63, 3.8) is 0 Å². The molecule has 0 unspecified atom stereocenters. The van der Waals surface area contributed by atoms with E-state index >= 15 is 0 Å². The lowest BCUT2D eigenvalue weighted by Gasteiger charge is -2.15. The highest BCUT2D eigenvalue weighted by atomic mass is 16.3. The molecule has 0 spiro atoms. The van der Waals surface area contributed by atoms with E-state index < -0.39 is 0 Å². The number of phenols is 1. The predicted molar refractivity (Wildman–Crippen MR) is 77.6 cm³/mol. The number of phenolic OH excluding ortho intramolecular Hbond substituents is 1. The summed E-state index contributed by atoms with van der Waals surface area (Å²) in [7, 11) is 0. The number of anilines is 2. The van der Waals surface area contributed by atoms with Crippen LogP contribution in [0.4, 0.5) is 11.6 Å². The van der Waals surface area contributed by atoms with Gasteiger partial charge in [-0.2, -0.15) is 0 Å². The van der Waals surface area contributed by atoms with Gasteiger partial charge in [-0.15, -0.1) is 0 Å². The molecule has 0 bridgehead atoms. The number of H-pyrrole nitrogens is 1. The van der Waals surface area contributed by atoms with Gasteiger partial charge in [-0.1, -0.05) is 0 Å². The molecular formula is C15H17N3O2. The highest BCUT2D eigenvalue weighted by Gasteiger charge is 2.15. The maximum atomic E-state index is 12.0. The van der Waals surface area contributed by atoms with E-state index in [2.05, 4.69) is 15.3 Å². The van der Waals surface area contributed by atoms with Gasteiger partial charge in [0.25, 0.3) is 5.56 Å². The molecule has 20 heavy (non-hydrogen) atoms. The number of benzene rings is 1. The molecule has 3 rings (SSSR count). The maximum absolute atomic E-state index is 12.0. The van der Waals surface area contributed by atoms with Crippen LogP contribution >= 0.6 is 0 Å². The van der Waals surface area contributed by atoms with Crippen LogP contribution in [-0.4, -0.2) is 15.1 Å². The van der Waals surface area contributed by atoms with Gasteiger partial charge < -0.3 is 10.4 Å². The van der Waals surface area contributed by atoms with Crippen LogP contribution < -0.4 is 10.9 Å². The monoisotopic (exact) mass is 271 g/mol. The molecule has 104 valence electrons. The highest BCUT2D eigenvalue weighted by Crippen LogP contribution is 2.23. The van der Waals surface area contributed by atoms with Crippen molar-refractivity contribution in [3.8, 4) is 5.75 Å². The topological polar surface area (TPSA) is 78.0 Å². The molecule has 1 aromatic carbocycles. The molecular weight excluding hydrogens is 254 g/mol. The molecule has 1 aliphatic rings. The standard InChI is InChI=1S/C15H17N3O2/c1-9-8-10(19)6-7-12(9)16-15-17-13-5-3-2-4-11(13)14(20)18-15/h6-8,19H,2-5H2,1H3,(H2,16,17,18,20). The van der Waals surface area contributed by atoms with E-state index in [1.54, 1.807) is 18.2 Å². The summed E-state index contributed by atoms with van der Waals surface area (Å²) in [6, 6.07) is 5.04. The minimum Gasteiger partial charge on any atom is -0.508 e. The smallest absolute Gasteiger partial charge is 0.255 e. The first-order valence-corrected chi connectivity index (χ1v) is 6.82. The summed E-state index contributed by atoms with van der Waals surface area (Å²) in [6.45, 7) is 1.89. The number of hydrogen-bond donors (Lipinski definition) is 3. The molecule has 0 amide bonds. The molecule has 0 radical (unpaired) electrons. The molecule has 2 aromatic rings. The number of nitrogens with one attached hydrogen (secondary N) is 2. The van der Waals surface area contributed by atoms with Crippen LogP contribution in [0.15, 0.2) is 23.0 Å². The van der Waals surface area contributed by atoms with Gasteiger partial charge >= 0.3 is 0 Å². The lowest BCUT2D eigenvalue weighted by molar-refractivity contribution is 0.475. The van der Waals surface area contributed by atoms with E-state index in [0.29, 0.717) is 5.95 Å². The van der Waals surface area contributed by atoms with Crippen LogP contribution in [0, 0.1) is 6.92 Å². The van der Waals surface area contributed by atoms with Crippen molar-refractivity contribution in [1.82, 2.24) is 9.97 Å². The zero-order valence-corrected chi connectivity index (χ0v) is 11.4. The van der Waals surface area contributed by atoms with E-state index in [-0.39, 0.29) is 11.3 Å². The number of aromatic nitrogens is 2. The first kappa shape index (κ1) is 12.7. The van der Waals surface area contributed by atoms with Gasteiger partial charge in [0.05, 0.1) is 5.69 Å². The Balaban J connectivity index is 1.95. The number of aromatic hydroxyl groups is 1. The van der Waals surface area contributed by atoms with Gasteiger partial charge in [-0.05, 0) is 56.4 Å². The van der Waals surface area contributed by atoms with E-state index in [0.717, 1.165) is 48.2 Å². The molecule has 5 nitrogen and oxygen atoms in total. The van der Waals surface area contributed by atoms with Crippen molar-refractivity contribution in [2.75, 3.05) is 5.32 Å². The van der Waals surface area contributed by atoms with Crippen LogP contribution in [0.2, 0.25) is 0 Å². The third-order valence-corrected chi connectivity index (χ3v) is 3.65. The largest absolute Gasteiger partial charge is 0.508 e. The summed E-state index contributed by atoms with van der Waals surface area (Å²) in [6.07, 6.45) is 3.82. The Hall–Kier alpha value is -2.30. The molecule has 5 heteroatoms. The van der Waals surface area contributed by atoms with Crippen LogP contribution in [-0.2, 0) is 12.8 Å². The zero-order valence-electron chi connectivity index (χ0n) is 11.4. The molecule has 1 heterocycles. The summed E-state index contributed by atoms with van der Waals surface area (Å²) >= 11 is 0. The third kappa shape index (κ3) is 2.39. The van der Waals surface area contributed by atoms with E-state index in [4.69, 9.17) is 0 Å². The van der Waals surface area contributed by atoms with Crippen LogP contribution in [0.1, 0.15) is 29.7 Å².